The zero-order valence-corrected chi connectivity index (χ0v) is 6.99. The second-order valence-electron chi connectivity index (χ2n) is 2.37. The molecule has 1 aliphatic heterocycles. The topological polar surface area (TPSA) is 61.4 Å². The molecule has 0 spiro atoms. The molecule has 0 bridgehead atoms. The average molecular weight is 181 g/mol. The Hall–Kier alpha value is -0.320. The molecule has 0 aromatic heterocycles. The Balaban J connectivity index is 0.000001000. The van der Waals surface area contributed by atoms with Crippen molar-refractivity contribution >= 4 is 18.3 Å². The van der Waals surface area contributed by atoms with Crippen molar-refractivity contribution in [3.05, 3.63) is 0 Å². The lowest BCUT2D eigenvalue weighted by Gasteiger charge is -2.25. The summed E-state index contributed by atoms with van der Waals surface area (Å²) < 4.78 is 0. The number of rotatable bonds is 3. The maximum Gasteiger partial charge on any atom is 0.225 e. The number of halogens is 1. The quantitative estimate of drug-likeness (QED) is 0.508. The van der Waals surface area contributed by atoms with Crippen LogP contribution in [-0.4, -0.2) is 37.3 Å². The van der Waals surface area contributed by atoms with Gasteiger partial charge in [-0.15, -0.1) is 12.4 Å². The van der Waals surface area contributed by atoms with Crippen LogP contribution >= 0.6 is 12.4 Å². The van der Waals surface area contributed by atoms with Crippen LogP contribution in [0.4, 0.5) is 0 Å². The molecule has 11 heavy (non-hydrogen) atoms. The van der Waals surface area contributed by atoms with Crippen LogP contribution in [0.3, 0.4) is 0 Å². The third kappa shape index (κ3) is 3.05. The molecule has 0 unspecified atom stereocenters. The molecular formula is C6H13ClN2O2. The molecule has 5 heteroatoms. The molecule has 1 heterocycles. The smallest absolute Gasteiger partial charge is 0.225 e. The lowest BCUT2D eigenvalue weighted by Crippen LogP contribution is -2.51. The number of carbonyl (C=O) groups is 1. The Morgan fingerprint density at radius 1 is 1.64 bits per heavy atom. The number of hydrogen-bond donors (Lipinski definition) is 3. The van der Waals surface area contributed by atoms with E-state index in [1.807, 2.05) is 0 Å². The molecule has 1 rings (SSSR count). The van der Waals surface area contributed by atoms with Crippen molar-refractivity contribution in [1.29, 1.82) is 0 Å². The third-order valence-electron chi connectivity index (χ3n) is 1.56. The van der Waals surface area contributed by atoms with E-state index in [2.05, 4.69) is 10.6 Å². The van der Waals surface area contributed by atoms with Gasteiger partial charge in [0, 0.05) is 19.6 Å². The van der Waals surface area contributed by atoms with Crippen molar-refractivity contribution < 1.29 is 9.90 Å². The first-order valence-corrected chi connectivity index (χ1v) is 3.44. The van der Waals surface area contributed by atoms with Crippen molar-refractivity contribution in [1.82, 2.24) is 10.6 Å². The van der Waals surface area contributed by atoms with E-state index in [1.165, 1.54) is 0 Å². The molecule has 1 amide bonds. The maximum absolute atomic E-state index is 10.9. The Morgan fingerprint density at radius 2 is 2.27 bits per heavy atom. The van der Waals surface area contributed by atoms with Crippen LogP contribution in [0.5, 0.6) is 0 Å². The molecular weight excluding hydrogens is 168 g/mol. The van der Waals surface area contributed by atoms with Gasteiger partial charge in [0.1, 0.15) is 0 Å². The minimum absolute atomic E-state index is 0. The number of aliphatic hydroxyl groups is 1. The average Bonchev–Trinajstić information content (AvgIpc) is 1.79. The summed E-state index contributed by atoms with van der Waals surface area (Å²) in [7, 11) is 0. The van der Waals surface area contributed by atoms with Gasteiger partial charge in [0.2, 0.25) is 5.91 Å². The highest BCUT2D eigenvalue weighted by Gasteiger charge is 2.23. The van der Waals surface area contributed by atoms with Gasteiger partial charge in [-0.05, 0) is 0 Å². The first-order valence-electron chi connectivity index (χ1n) is 3.44. The second-order valence-corrected chi connectivity index (χ2v) is 2.37. The third-order valence-corrected chi connectivity index (χ3v) is 1.56. The van der Waals surface area contributed by atoms with Crippen molar-refractivity contribution in [2.45, 2.75) is 0 Å². The van der Waals surface area contributed by atoms with Gasteiger partial charge in [-0.3, -0.25) is 4.79 Å². The largest absolute Gasteiger partial charge is 0.395 e. The monoisotopic (exact) mass is 180 g/mol. The minimum Gasteiger partial charge on any atom is -0.395 e. The molecule has 0 aromatic rings. The van der Waals surface area contributed by atoms with Crippen LogP contribution in [0, 0.1) is 5.92 Å². The first kappa shape index (κ1) is 10.7. The second kappa shape index (κ2) is 5.35. The first-order chi connectivity index (χ1) is 4.84. The van der Waals surface area contributed by atoms with Gasteiger partial charge in [-0.25, -0.2) is 0 Å². The summed E-state index contributed by atoms with van der Waals surface area (Å²) >= 11 is 0. The number of hydrogen-bond acceptors (Lipinski definition) is 3. The molecule has 0 aromatic carbocycles. The standard InChI is InChI=1S/C6H12N2O2.ClH/c9-2-1-8-6(10)5-3-7-4-5;/h5,7,9H,1-4H2,(H,8,10);1H. The zero-order valence-electron chi connectivity index (χ0n) is 6.17. The number of carbonyl (C=O) groups excluding carboxylic acids is 1. The summed E-state index contributed by atoms with van der Waals surface area (Å²) in [5, 5.41) is 14.0. The number of amides is 1. The summed E-state index contributed by atoms with van der Waals surface area (Å²) in [6, 6.07) is 0. The van der Waals surface area contributed by atoms with Crippen molar-refractivity contribution in [3.63, 3.8) is 0 Å². The van der Waals surface area contributed by atoms with Crippen LogP contribution in [0.1, 0.15) is 0 Å². The van der Waals surface area contributed by atoms with E-state index in [0.717, 1.165) is 13.1 Å². The van der Waals surface area contributed by atoms with E-state index < -0.39 is 0 Å². The van der Waals surface area contributed by atoms with Crippen LogP contribution in [0.15, 0.2) is 0 Å². The Labute approximate surface area is 71.8 Å². The Morgan fingerprint density at radius 3 is 2.64 bits per heavy atom. The molecule has 3 N–H and O–H groups in total. The van der Waals surface area contributed by atoms with E-state index in [1.54, 1.807) is 0 Å². The molecule has 1 fully saturated rings. The van der Waals surface area contributed by atoms with E-state index >= 15 is 0 Å². The fourth-order valence-corrected chi connectivity index (χ4v) is 0.798. The molecule has 1 aliphatic rings. The van der Waals surface area contributed by atoms with Crippen molar-refractivity contribution in [3.8, 4) is 0 Å². The summed E-state index contributed by atoms with van der Waals surface area (Å²) in [5.41, 5.74) is 0. The molecule has 0 atom stereocenters. The van der Waals surface area contributed by atoms with Gasteiger partial charge in [0.25, 0.3) is 0 Å². The van der Waals surface area contributed by atoms with Gasteiger partial charge in [0.05, 0.1) is 12.5 Å². The highest BCUT2D eigenvalue weighted by molar-refractivity contribution is 5.85. The number of aliphatic hydroxyl groups excluding tert-OH is 1. The molecule has 1 saturated heterocycles. The van der Waals surface area contributed by atoms with Gasteiger partial charge >= 0.3 is 0 Å². The maximum atomic E-state index is 10.9. The van der Waals surface area contributed by atoms with Gasteiger partial charge in [-0.2, -0.15) is 0 Å². The minimum atomic E-state index is 0. The normalized spacial score (nSPS) is 16.5. The van der Waals surface area contributed by atoms with Crippen LogP contribution in [0.2, 0.25) is 0 Å². The van der Waals surface area contributed by atoms with E-state index in [0.29, 0.717) is 6.54 Å². The zero-order chi connectivity index (χ0) is 7.40. The summed E-state index contributed by atoms with van der Waals surface area (Å²) in [6.07, 6.45) is 0. The lowest BCUT2D eigenvalue weighted by molar-refractivity contribution is -0.126. The molecule has 0 saturated carbocycles. The highest BCUT2D eigenvalue weighted by Crippen LogP contribution is 2.00. The van der Waals surface area contributed by atoms with Gasteiger partial charge in [0.15, 0.2) is 0 Å². The summed E-state index contributed by atoms with van der Waals surface area (Å²) in [4.78, 5) is 10.9. The molecule has 4 nitrogen and oxygen atoms in total. The molecule has 66 valence electrons. The Bertz CT molecular complexity index is 128. The summed E-state index contributed by atoms with van der Waals surface area (Å²) in [5.74, 6) is 0.180. The lowest BCUT2D eigenvalue weighted by atomic mass is 10.0. The fourth-order valence-electron chi connectivity index (χ4n) is 0.798. The van der Waals surface area contributed by atoms with Crippen molar-refractivity contribution in [2.75, 3.05) is 26.2 Å². The SMILES string of the molecule is Cl.O=C(NCCO)C1CNC1. The summed E-state index contributed by atoms with van der Waals surface area (Å²) in [6.45, 7) is 1.94. The predicted molar refractivity (Wildman–Crippen MR) is 43.7 cm³/mol. The van der Waals surface area contributed by atoms with Crippen molar-refractivity contribution in [2.24, 2.45) is 5.92 Å². The van der Waals surface area contributed by atoms with E-state index in [4.69, 9.17) is 5.11 Å². The molecule has 0 aliphatic carbocycles. The highest BCUT2D eigenvalue weighted by atomic mass is 35.5. The van der Waals surface area contributed by atoms with E-state index in [9.17, 15) is 4.79 Å². The fraction of sp³-hybridized carbons (Fsp3) is 0.833. The van der Waals surface area contributed by atoms with Crippen LogP contribution < -0.4 is 10.6 Å². The van der Waals surface area contributed by atoms with Crippen LogP contribution in [0.25, 0.3) is 0 Å². The van der Waals surface area contributed by atoms with Crippen LogP contribution in [-0.2, 0) is 4.79 Å². The van der Waals surface area contributed by atoms with Gasteiger partial charge < -0.3 is 15.7 Å². The Kier molecular flexibility index (Phi) is 5.19. The molecule has 0 radical (unpaired) electrons. The number of nitrogens with one attached hydrogen (secondary N) is 2. The predicted octanol–water partition coefficient (Wildman–Crippen LogP) is -1.26. The van der Waals surface area contributed by atoms with E-state index in [-0.39, 0.29) is 30.8 Å². The van der Waals surface area contributed by atoms with Gasteiger partial charge in [-0.1, -0.05) is 0 Å².